The molecule has 18 N–H and O–H groups in total. The molecule has 52 nitrogen and oxygen atoms in total. The lowest BCUT2D eigenvalue weighted by Gasteiger charge is -2.27. The number of imidazole rings is 3. The number of aliphatic hydroxyl groups is 6. The van der Waals surface area contributed by atoms with E-state index >= 15 is 0 Å². The maximum absolute atomic E-state index is 14.0. The average Bonchev–Trinajstić information content (AvgIpc) is 1.60. The molecule has 12 heterocycles. The van der Waals surface area contributed by atoms with Crippen LogP contribution in [0.3, 0.4) is 0 Å². The van der Waals surface area contributed by atoms with Crippen molar-refractivity contribution in [2.75, 3.05) is 82.7 Å². The summed E-state index contributed by atoms with van der Waals surface area (Å²) in [6.45, 7) is 4.66. The van der Waals surface area contributed by atoms with Gasteiger partial charge in [-0.05, 0) is 83.1 Å². The summed E-state index contributed by atoms with van der Waals surface area (Å²) in [6.07, 6.45) is -9.53. The number of nitrogens with one attached hydrogen (secondary N) is 6. The van der Waals surface area contributed by atoms with Gasteiger partial charge in [-0.15, -0.1) is 0 Å². The van der Waals surface area contributed by atoms with Crippen molar-refractivity contribution in [3.63, 3.8) is 0 Å². The number of nitrogens with zero attached hydrogens (tertiary/aromatic N) is 13. The lowest BCUT2D eigenvalue weighted by atomic mass is 9.96. The van der Waals surface area contributed by atoms with Crippen molar-refractivity contribution in [2.45, 2.75) is 211 Å². The maximum Gasteiger partial charge on any atom is 0.327 e. The van der Waals surface area contributed by atoms with Gasteiger partial charge >= 0.3 is 44.1 Å². The number of aliphatic hydroxyl groups excluding tert-OH is 3. The summed E-state index contributed by atoms with van der Waals surface area (Å²) in [5, 5.41) is 81.2. The SMILES string of the molecule is COc1nc(N)nc2c1ncn2C1O[C@H](COP(=O)(NC(C)C(=O)OC(C)C)SCC2CC(=O)NC2=O)[C@@H](O)[C@@]1(C)O.COc1nc(N)nc2c1ncn2C1O[C@H](COP(=O)(N[C@H](C)C(=O)OC(C)C)SCC2CC(=O)NC2=O)[C@@H](O)[C@@]1(C)O.COc1nc(N)nc2c1ncn2[C@@H]1OC(CO[P@](=O)(N[C@@H](C)C(=O)OC(C)C)SCC2C(=O)NC(=O)N2C)[C@@H](O)[C@@]1(C)O. The van der Waals surface area contributed by atoms with E-state index in [1.54, 1.807) is 41.5 Å². The van der Waals surface area contributed by atoms with Crippen LogP contribution in [0.1, 0.15) is 115 Å². The maximum atomic E-state index is 14.0. The molecule has 127 heavy (non-hydrogen) atoms. The van der Waals surface area contributed by atoms with E-state index in [9.17, 15) is 87.5 Å². The Bertz CT molecular complexity index is 5040. The van der Waals surface area contributed by atoms with E-state index in [1.807, 2.05) is 0 Å². The summed E-state index contributed by atoms with van der Waals surface area (Å²) in [6, 6.07) is -4.81. The smallest absolute Gasteiger partial charge is 0.327 e. The Kier molecular flexibility index (Phi) is 32.2. The number of ether oxygens (including phenoxy) is 9. The molecular formula is C69H103N22O30P3S3. The number of urea groups is 1. The standard InChI is InChI=1S/C23H35N8O10PS.2C23H34N7O10PS/c1-10(2)40-19(34)11(3)29-42(37,43-8-12-17(33)27-22(35)30(12)5)39-7-13-15(32)23(4,36)20(41-13)31-9-25-14-16(31)26-21(24)28-18(14)38-6;2*1-10(2)39-20(34)11(3)29-41(36,42-8-12-6-14(31)26-18(12)33)38-7-13-16(32)23(4,35)21(40-13)30-9-25-15-17(30)27-22(24)28-19(15)37-5/h9-13,15,20,32,36H,7-8H2,1-6H3,(H,29,37)(H2,24,26,28)(H,27,33,35);2*9-13,16,21,32,35H,6-8H2,1-5H3,(H,29,36)(H2,24,27,28)(H,26,31,33)/t11-,12?,13?,15+,20+,23+,42+;11?,12?,13-,16-,21?,23-,41?;11-,12?,13-,16-,21?,23-,41?/m011/s1. The molecule has 6 aliphatic rings. The highest BCUT2D eigenvalue weighted by molar-refractivity contribution is 8.56. The van der Waals surface area contributed by atoms with Gasteiger partial charge in [-0.25, -0.2) is 35.0 Å². The number of hydrogen-bond acceptors (Lipinski definition) is 45. The van der Waals surface area contributed by atoms with E-state index in [0.29, 0.717) is 11.4 Å². The van der Waals surface area contributed by atoms with Crippen LogP contribution in [0.25, 0.3) is 33.5 Å². The fourth-order valence-electron chi connectivity index (χ4n) is 13.3. The van der Waals surface area contributed by atoms with Crippen LogP contribution < -0.4 is 62.6 Å². The lowest BCUT2D eigenvalue weighted by Crippen LogP contribution is -2.44. The van der Waals surface area contributed by atoms with Gasteiger partial charge in [-0.3, -0.25) is 81.7 Å². The fourth-order valence-corrected chi connectivity index (χ4v) is 25.4. The summed E-state index contributed by atoms with van der Waals surface area (Å²) < 4.78 is 112. The third kappa shape index (κ3) is 23.2. The Morgan fingerprint density at radius 2 is 0.772 bits per heavy atom. The van der Waals surface area contributed by atoms with Crippen LogP contribution >= 0.6 is 54.3 Å². The predicted molar refractivity (Wildman–Crippen MR) is 448 cm³/mol. The monoisotopic (exact) mass is 1910 g/mol. The van der Waals surface area contributed by atoms with E-state index in [-0.39, 0.29) is 99.1 Å². The third-order valence-corrected chi connectivity index (χ3v) is 32.4. The van der Waals surface area contributed by atoms with E-state index < -0.39 is 220 Å². The minimum atomic E-state index is -4.05. The Morgan fingerprint density at radius 1 is 0.488 bits per heavy atom. The number of nitrogens with two attached hydrogens (primary N) is 3. The number of rotatable bonds is 36. The molecule has 6 aromatic heterocycles. The summed E-state index contributed by atoms with van der Waals surface area (Å²) in [5.74, 6) is -6.42. The molecule has 21 atom stereocenters. The zero-order valence-electron chi connectivity index (χ0n) is 71.4. The number of amides is 7. The Balaban J connectivity index is 0.000000199. The van der Waals surface area contributed by atoms with Crippen LogP contribution in [0.4, 0.5) is 22.6 Å². The number of likely N-dealkylation sites (N-methyl/N-ethyl adjacent to an activating group) is 1. The number of imide groups is 3. The molecule has 0 radical (unpaired) electrons. The molecule has 58 heteroatoms. The van der Waals surface area contributed by atoms with Gasteiger partial charge in [0, 0.05) is 37.1 Å². The summed E-state index contributed by atoms with van der Waals surface area (Å²) in [5.41, 5.74) is 12.9. The molecule has 12 rings (SSSR count). The molecule has 0 aromatic carbocycles. The molecule has 0 spiro atoms. The highest BCUT2D eigenvalue weighted by Gasteiger charge is 2.58. The van der Waals surface area contributed by atoms with E-state index in [0.717, 1.165) is 27.7 Å². The van der Waals surface area contributed by atoms with Crippen molar-refractivity contribution >= 4 is 159 Å². The number of nitrogen functional groups attached to an aromatic ring is 3. The second-order valence-corrected chi connectivity index (χ2v) is 44.1. The van der Waals surface area contributed by atoms with Crippen molar-refractivity contribution in [1.82, 2.24) is 94.7 Å². The number of fused-ring (bicyclic) bond motifs is 3. The molecule has 6 aromatic rings. The van der Waals surface area contributed by atoms with Crippen molar-refractivity contribution < 1.29 is 144 Å². The zero-order valence-corrected chi connectivity index (χ0v) is 76.5. The lowest BCUT2D eigenvalue weighted by molar-refractivity contribution is -0.149. The third-order valence-electron chi connectivity index (χ3n) is 20.0. The van der Waals surface area contributed by atoms with Crippen LogP contribution in [0, 0.1) is 11.8 Å². The Morgan fingerprint density at radius 3 is 1.02 bits per heavy atom. The number of carbonyl (C=O) groups is 9. The average molecular weight is 1910 g/mol. The first-order chi connectivity index (χ1) is 59.4. The molecule has 6 fully saturated rings. The van der Waals surface area contributed by atoms with Gasteiger partial charge in [0.2, 0.25) is 59.1 Å². The largest absolute Gasteiger partial charge is 0.479 e. The van der Waals surface area contributed by atoms with E-state index in [1.165, 1.54) is 103 Å². The first-order valence-corrected chi connectivity index (χ1v) is 48.7. The molecule has 7 amide bonds. The Hall–Kier alpha value is -8.78. The molecule has 702 valence electrons. The van der Waals surface area contributed by atoms with Crippen LogP contribution in [-0.2, 0) is 94.0 Å². The van der Waals surface area contributed by atoms with Gasteiger partial charge in [0.15, 0.2) is 52.2 Å². The Labute approximate surface area is 735 Å². The number of anilines is 3. The number of methoxy groups -OCH3 is 3. The molecule has 0 aliphatic carbocycles. The fraction of sp³-hybridized carbons (Fsp3) is 0.652. The summed E-state index contributed by atoms with van der Waals surface area (Å²) in [7, 11) is 5.54. The van der Waals surface area contributed by atoms with E-state index in [2.05, 4.69) is 76.1 Å². The topological polar surface area (TPSA) is 721 Å². The number of esters is 3. The first kappa shape index (κ1) is 100. The van der Waals surface area contributed by atoms with Crippen molar-refractivity contribution in [3.8, 4) is 17.6 Å². The van der Waals surface area contributed by atoms with Crippen LogP contribution in [0.5, 0.6) is 17.6 Å². The van der Waals surface area contributed by atoms with Crippen LogP contribution in [0.2, 0.25) is 0 Å². The zero-order chi connectivity index (χ0) is 93.8. The first-order valence-electron chi connectivity index (χ1n) is 39.0. The summed E-state index contributed by atoms with van der Waals surface area (Å²) in [4.78, 5) is 147. The van der Waals surface area contributed by atoms with Gasteiger partial charge in [0.1, 0.15) is 77.6 Å². The van der Waals surface area contributed by atoms with Gasteiger partial charge in [-0.2, -0.15) is 29.9 Å². The molecular weight excluding hydrogens is 1810 g/mol. The second kappa shape index (κ2) is 40.7. The number of carbonyl (C=O) groups excluding carboxylic acids is 9. The van der Waals surface area contributed by atoms with Crippen LogP contribution in [-0.4, -0.2) is 309 Å². The van der Waals surface area contributed by atoms with Gasteiger partial charge in [0.05, 0.1) is 90.3 Å². The minimum absolute atomic E-state index is 0.0633. The van der Waals surface area contributed by atoms with Gasteiger partial charge in [-0.1, -0.05) is 34.1 Å². The molecule has 9 unspecified atom stereocenters. The quantitative estimate of drug-likeness (QED) is 0.00776. The van der Waals surface area contributed by atoms with Crippen molar-refractivity contribution in [3.05, 3.63) is 19.0 Å². The van der Waals surface area contributed by atoms with Crippen molar-refractivity contribution in [1.29, 1.82) is 0 Å². The predicted octanol–water partition coefficient (Wildman–Crippen LogP) is -0.482. The number of aromatic nitrogens is 12. The molecule has 6 saturated heterocycles. The van der Waals surface area contributed by atoms with E-state index in [4.69, 9.17) is 73.4 Å². The molecule has 6 aliphatic heterocycles. The minimum Gasteiger partial charge on any atom is -0.479 e. The highest BCUT2D eigenvalue weighted by Crippen LogP contribution is 2.61. The summed E-state index contributed by atoms with van der Waals surface area (Å²) >= 11 is 2.13. The molecule has 0 saturated carbocycles. The molecule has 0 bridgehead atoms. The van der Waals surface area contributed by atoms with Gasteiger partial charge < -0.3 is 109 Å². The van der Waals surface area contributed by atoms with Crippen molar-refractivity contribution in [2.24, 2.45) is 11.8 Å². The highest BCUT2D eigenvalue weighted by atomic mass is 32.7. The van der Waals surface area contributed by atoms with Crippen LogP contribution in [0.15, 0.2) is 19.0 Å². The number of hydrogen-bond donors (Lipinski definition) is 15. The van der Waals surface area contributed by atoms with Gasteiger partial charge in [0.25, 0.3) is 5.91 Å². The second-order valence-electron chi connectivity index (χ2n) is 31.2. The normalized spacial score (nSPS) is 28.1.